The molecule has 78 valence electrons. The molecule has 1 aromatic rings. The van der Waals surface area contributed by atoms with Crippen LogP contribution >= 0.6 is 11.9 Å². The number of hydrogen-bond donors (Lipinski definition) is 2. The van der Waals surface area contributed by atoms with Crippen molar-refractivity contribution in [2.24, 2.45) is 0 Å². The minimum atomic E-state index is 0.794. The van der Waals surface area contributed by atoms with E-state index in [2.05, 4.69) is 23.0 Å². The van der Waals surface area contributed by atoms with Crippen LogP contribution in [0.25, 0.3) is 0 Å². The van der Waals surface area contributed by atoms with Crippen LogP contribution < -0.4 is 10.5 Å². The minimum absolute atomic E-state index is 0.794. The van der Waals surface area contributed by atoms with Crippen molar-refractivity contribution in [2.75, 3.05) is 10.5 Å². The molecule has 0 atom stereocenters. The van der Waals surface area contributed by atoms with Crippen LogP contribution in [0.5, 0.6) is 0 Å². The van der Waals surface area contributed by atoms with Crippen molar-refractivity contribution < 1.29 is 0 Å². The Labute approximate surface area is 94.4 Å². The van der Waals surface area contributed by atoms with Gasteiger partial charge in [0.1, 0.15) is 0 Å². The number of allylic oxidation sites excluding steroid dienone is 3. The molecule has 1 aliphatic carbocycles. The molecule has 1 aromatic carbocycles. The number of nitrogen functional groups attached to an aromatic ring is 1. The number of benzene rings is 1. The Bertz CT molecular complexity index is 379. The zero-order valence-electron chi connectivity index (χ0n) is 8.44. The summed E-state index contributed by atoms with van der Waals surface area (Å²) in [4.78, 5) is 1.28. The second-order valence-corrected chi connectivity index (χ2v) is 4.29. The summed E-state index contributed by atoms with van der Waals surface area (Å²) in [5, 5.41) is 0. The van der Waals surface area contributed by atoms with Crippen LogP contribution in [0.4, 0.5) is 11.4 Å². The highest BCUT2D eigenvalue weighted by atomic mass is 32.2. The molecule has 0 aromatic heterocycles. The van der Waals surface area contributed by atoms with Gasteiger partial charge >= 0.3 is 0 Å². The molecule has 1 aliphatic rings. The van der Waals surface area contributed by atoms with E-state index in [9.17, 15) is 0 Å². The monoisotopic (exact) mass is 218 g/mol. The van der Waals surface area contributed by atoms with Crippen molar-refractivity contribution in [3.8, 4) is 0 Å². The largest absolute Gasteiger partial charge is 0.399 e. The van der Waals surface area contributed by atoms with Gasteiger partial charge in [-0.2, -0.15) is 0 Å². The zero-order valence-corrected chi connectivity index (χ0v) is 9.26. The van der Waals surface area contributed by atoms with E-state index in [4.69, 9.17) is 5.73 Å². The maximum Gasteiger partial charge on any atom is 0.0444 e. The zero-order chi connectivity index (χ0) is 10.5. The second-order valence-electron chi connectivity index (χ2n) is 3.41. The van der Waals surface area contributed by atoms with Gasteiger partial charge in [-0.25, -0.2) is 0 Å². The summed E-state index contributed by atoms with van der Waals surface area (Å²) < 4.78 is 3.28. The van der Waals surface area contributed by atoms with Gasteiger partial charge in [0.15, 0.2) is 0 Å². The van der Waals surface area contributed by atoms with Crippen molar-refractivity contribution in [3.05, 3.63) is 47.4 Å². The normalized spacial score (nSPS) is 14.8. The number of nitrogens with two attached hydrogens (primary N) is 1. The fraction of sp³-hybridized carbons (Fsp3) is 0.167. The molecule has 0 heterocycles. The van der Waals surface area contributed by atoms with E-state index < -0.39 is 0 Å². The van der Waals surface area contributed by atoms with Crippen LogP contribution in [0.3, 0.4) is 0 Å². The molecule has 0 spiro atoms. The third-order valence-electron chi connectivity index (χ3n) is 2.16. The lowest BCUT2D eigenvalue weighted by molar-refractivity contribution is 1.03. The first-order valence-electron chi connectivity index (χ1n) is 5.00. The quantitative estimate of drug-likeness (QED) is 0.601. The van der Waals surface area contributed by atoms with Crippen LogP contribution in [0.2, 0.25) is 0 Å². The highest BCUT2D eigenvalue weighted by Gasteiger charge is 1.98. The van der Waals surface area contributed by atoms with E-state index in [1.54, 1.807) is 11.9 Å². The van der Waals surface area contributed by atoms with Crippen LogP contribution in [0.15, 0.2) is 47.4 Å². The highest BCUT2D eigenvalue weighted by Crippen LogP contribution is 2.24. The molecule has 0 saturated carbocycles. The molecule has 2 nitrogen and oxygen atoms in total. The molecule has 0 fully saturated rings. The van der Waals surface area contributed by atoms with Gasteiger partial charge in [0.2, 0.25) is 0 Å². The molecular formula is C12H14N2S. The SMILES string of the molecule is Nc1ccc(NSC2=CCCC=C2)cc1. The highest BCUT2D eigenvalue weighted by molar-refractivity contribution is 8.04. The lowest BCUT2D eigenvalue weighted by atomic mass is 10.2. The van der Waals surface area contributed by atoms with Gasteiger partial charge in [-0.3, -0.25) is 0 Å². The summed E-state index contributed by atoms with van der Waals surface area (Å²) in [6.07, 6.45) is 8.90. The van der Waals surface area contributed by atoms with E-state index in [1.165, 1.54) is 4.91 Å². The Hall–Kier alpha value is -1.35. The predicted octanol–water partition coefficient (Wildman–Crippen LogP) is 3.56. The first-order chi connectivity index (χ1) is 7.34. The summed E-state index contributed by atoms with van der Waals surface area (Å²) >= 11 is 1.64. The number of hydrogen-bond acceptors (Lipinski definition) is 3. The summed E-state index contributed by atoms with van der Waals surface area (Å²) in [5.41, 5.74) is 7.48. The lowest BCUT2D eigenvalue weighted by Gasteiger charge is -2.08. The Balaban J connectivity index is 1.90. The van der Waals surface area contributed by atoms with Gasteiger partial charge < -0.3 is 10.5 Å². The van der Waals surface area contributed by atoms with Gasteiger partial charge in [0, 0.05) is 16.3 Å². The Morgan fingerprint density at radius 3 is 2.60 bits per heavy atom. The number of nitrogens with one attached hydrogen (secondary N) is 1. The fourth-order valence-electron chi connectivity index (χ4n) is 1.33. The molecule has 3 N–H and O–H groups in total. The van der Waals surface area contributed by atoms with Gasteiger partial charge in [0.25, 0.3) is 0 Å². The van der Waals surface area contributed by atoms with Crippen molar-refractivity contribution in [2.45, 2.75) is 12.8 Å². The van der Waals surface area contributed by atoms with Crippen molar-refractivity contribution in [3.63, 3.8) is 0 Å². The van der Waals surface area contributed by atoms with E-state index in [-0.39, 0.29) is 0 Å². The first kappa shape index (κ1) is 10.2. The topological polar surface area (TPSA) is 38.0 Å². The van der Waals surface area contributed by atoms with Crippen LogP contribution in [-0.2, 0) is 0 Å². The van der Waals surface area contributed by atoms with E-state index in [0.717, 1.165) is 24.2 Å². The molecule has 0 amide bonds. The van der Waals surface area contributed by atoms with Gasteiger partial charge in [-0.05, 0) is 49.1 Å². The number of anilines is 2. The average molecular weight is 218 g/mol. The number of rotatable bonds is 3. The standard InChI is InChI=1S/C12H14N2S/c13-10-6-8-11(9-7-10)14-15-12-4-2-1-3-5-12/h2,4-9,14H,1,3,13H2. The van der Waals surface area contributed by atoms with E-state index in [1.807, 2.05) is 24.3 Å². The minimum Gasteiger partial charge on any atom is -0.399 e. The van der Waals surface area contributed by atoms with Crippen LogP contribution in [0, 0.1) is 0 Å². The molecular weight excluding hydrogens is 204 g/mol. The van der Waals surface area contributed by atoms with Gasteiger partial charge in [-0.15, -0.1) is 0 Å². The first-order valence-corrected chi connectivity index (χ1v) is 5.81. The lowest BCUT2D eigenvalue weighted by Crippen LogP contribution is -1.90. The van der Waals surface area contributed by atoms with Gasteiger partial charge in [-0.1, -0.05) is 18.2 Å². The van der Waals surface area contributed by atoms with E-state index in [0.29, 0.717) is 0 Å². The molecule has 3 heteroatoms. The summed E-state index contributed by atoms with van der Waals surface area (Å²) in [6.45, 7) is 0. The molecule has 0 unspecified atom stereocenters. The van der Waals surface area contributed by atoms with Crippen molar-refractivity contribution in [1.82, 2.24) is 0 Å². The fourth-order valence-corrected chi connectivity index (χ4v) is 2.07. The Kier molecular flexibility index (Phi) is 3.35. The third-order valence-corrected chi connectivity index (χ3v) is 3.03. The summed E-state index contributed by atoms with van der Waals surface area (Å²) in [6, 6.07) is 7.76. The average Bonchev–Trinajstić information content (AvgIpc) is 2.30. The molecule has 0 radical (unpaired) electrons. The van der Waals surface area contributed by atoms with Crippen LogP contribution in [-0.4, -0.2) is 0 Å². The Morgan fingerprint density at radius 1 is 1.13 bits per heavy atom. The van der Waals surface area contributed by atoms with E-state index >= 15 is 0 Å². The third kappa shape index (κ3) is 3.06. The smallest absolute Gasteiger partial charge is 0.0444 e. The molecule has 0 aliphatic heterocycles. The molecule has 0 bridgehead atoms. The summed E-state index contributed by atoms with van der Waals surface area (Å²) in [7, 11) is 0. The van der Waals surface area contributed by atoms with Gasteiger partial charge in [0.05, 0.1) is 0 Å². The maximum absolute atomic E-state index is 5.61. The van der Waals surface area contributed by atoms with Crippen molar-refractivity contribution >= 4 is 23.3 Å². The summed E-state index contributed by atoms with van der Waals surface area (Å²) in [5.74, 6) is 0. The Morgan fingerprint density at radius 2 is 1.93 bits per heavy atom. The second kappa shape index (κ2) is 4.94. The van der Waals surface area contributed by atoms with Crippen LogP contribution in [0.1, 0.15) is 12.8 Å². The predicted molar refractivity (Wildman–Crippen MR) is 68.5 cm³/mol. The molecule has 0 saturated heterocycles. The molecule has 15 heavy (non-hydrogen) atoms. The van der Waals surface area contributed by atoms with Crippen molar-refractivity contribution in [1.29, 1.82) is 0 Å². The maximum atomic E-state index is 5.61. The molecule has 2 rings (SSSR count).